The highest BCUT2D eigenvalue weighted by atomic mass is 127. The van der Waals surface area contributed by atoms with Gasteiger partial charge in [-0.3, -0.25) is 9.89 Å². The van der Waals surface area contributed by atoms with Gasteiger partial charge in [-0.2, -0.15) is 0 Å². The Hall–Kier alpha value is -0.870. The molecule has 2 atom stereocenters. The van der Waals surface area contributed by atoms with Crippen molar-refractivity contribution >= 4 is 39.8 Å². The molecule has 0 aromatic heterocycles. The van der Waals surface area contributed by atoms with Gasteiger partial charge in [0.25, 0.3) is 0 Å². The van der Waals surface area contributed by atoms with Crippen molar-refractivity contribution in [2.24, 2.45) is 10.9 Å². The zero-order chi connectivity index (χ0) is 20.7. The molecule has 2 heterocycles. The molecule has 0 aliphatic carbocycles. The fraction of sp³-hybridized carbons (Fsp3) is 0.682. The van der Waals surface area contributed by atoms with Gasteiger partial charge in [-0.15, -0.1) is 24.0 Å². The van der Waals surface area contributed by atoms with Gasteiger partial charge in [0.15, 0.2) is 15.8 Å². The number of hydrogen-bond donors (Lipinski definition) is 1. The topological polar surface area (TPSA) is 65.0 Å². The first kappa shape index (κ1) is 25.4. The third-order valence-corrected chi connectivity index (χ3v) is 7.83. The lowest BCUT2D eigenvalue weighted by atomic mass is 9.83. The average Bonchev–Trinajstić information content (AvgIpc) is 2.74. The van der Waals surface area contributed by atoms with Crippen molar-refractivity contribution in [1.29, 1.82) is 0 Å². The van der Waals surface area contributed by atoms with E-state index in [-0.39, 0.29) is 35.5 Å². The number of nitrogens with one attached hydrogen (secondary N) is 1. The largest absolute Gasteiger partial charge is 0.357 e. The molecule has 2 saturated heterocycles. The fourth-order valence-corrected chi connectivity index (χ4v) is 5.23. The molecule has 170 valence electrons. The van der Waals surface area contributed by atoms with Crippen LogP contribution in [0.5, 0.6) is 0 Å². The van der Waals surface area contributed by atoms with Crippen molar-refractivity contribution in [2.75, 3.05) is 44.2 Å². The first-order valence-electron chi connectivity index (χ1n) is 11.0. The molecule has 2 unspecified atom stereocenters. The number of benzene rings is 1. The van der Waals surface area contributed by atoms with Crippen LogP contribution in [0.1, 0.15) is 38.7 Å². The Morgan fingerprint density at radius 1 is 1.17 bits per heavy atom. The highest BCUT2D eigenvalue weighted by molar-refractivity contribution is 14.0. The molecule has 2 aliphatic rings. The van der Waals surface area contributed by atoms with E-state index in [1.807, 2.05) is 0 Å². The Labute approximate surface area is 199 Å². The second kappa shape index (κ2) is 12.2. The molecule has 3 rings (SSSR count). The van der Waals surface area contributed by atoms with E-state index in [9.17, 15) is 8.42 Å². The Morgan fingerprint density at radius 3 is 2.63 bits per heavy atom. The van der Waals surface area contributed by atoms with Crippen molar-refractivity contribution < 1.29 is 8.42 Å². The van der Waals surface area contributed by atoms with Crippen LogP contribution in [0, 0.1) is 5.92 Å². The van der Waals surface area contributed by atoms with Gasteiger partial charge in [0.05, 0.1) is 12.3 Å². The number of nitrogens with zero attached hydrogens (tertiary/aromatic N) is 3. The quantitative estimate of drug-likeness (QED) is 0.323. The van der Waals surface area contributed by atoms with Gasteiger partial charge in [0.2, 0.25) is 0 Å². The third kappa shape index (κ3) is 7.09. The summed E-state index contributed by atoms with van der Waals surface area (Å²) in [5, 5.41) is 3.37. The Kier molecular flexibility index (Phi) is 10.4. The van der Waals surface area contributed by atoms with E-state index >= 15 is 0 Å². The van der Waals surface area contributed by atoms with Gasteiger partial charge in [-0.25, -0.2) is 8.42 Å². The van der Waals surface area contributed by atoms with E-state index in [1.165, 1.54) is 24.9 Å². The fourth-order valence-electron chi connectivity index (χ4n) is 4.57. The lowest BCUT2D eigenvalue weighted by Crippen LogP contribution is -2.56. The molecule has 1 N–H and O–H groups in total. The average molecular weight is 549 g/mol. The van der Waals surface area contributed by atoms with Crippen LogP contribution >= 0.6 is 24.0 Å². The van der Waals surface area contributed by atoms with E-state index in [0.29, 0.717) is 18.5 Å². The zero-order valence-corrected chi connectivity index (χ0v) is 21.4. The number of rotatable bonds is 7. The van der Waals surface area contributed by atoms with Crippen molar-refractivity contribution in [3.63, 3.8) is 0 Å². The molecule has 0 spiro atoms. The summed E-state index contributed by atoms with van der Waals surface area (Å²) in [6.07, 6.45) is 3.63. The molecular formula is C22H37IN4O2S. The molecular weight excluding hydrogens is 511 g/mol. The summed E-state index contributed by atoms with van der Waals surface area (Å²) in [5.74, 6) is 1.83. The van der Waals surface area contributed by atoms with Crippen LogP contribution in [0.2, 0.25) is 0 Å². The molecule has 8 heteroatoms. The molecule has 0 radical (unpaired) electrons. The predicted octanol–water partition coefficient (Wildman–Crippen LogP) is 2.99. The standard InChI is InChI=1S/C22H36N4O2S.HI/c1-3-23-22(24-13-16-29(27,28)4-2)26-15-12-21-20(18-26)11-8-14-25(21)17-19-9-6-5-7-10-19;/h5-7,9-10,20-21H,3-4,8,11-18H2,1-2H3,(H,23,24);1H. The highest BCUT2D eigenvalue weighted by Crippen LogP contribution is 2.31. The van der Waals surface area contributed by atoms with Gasteiger partial charge in [0.1, 0.15) is 0 Å². The van der Waals surface area contributed by atoms with E-state index in [1.54, 1.807) is 6.92 Å². The second-order valence-corrected chi connectivity index (χ2v) is 10.6. The molecule has 1 aromatic rings. The second-order valence-electron chi connectivity index (χ2n) is 8.13. The summed E-state index contributed by atoms with van der Waals surface area (Å²) in [5.41, 5.74) is 1.39. The first-order valence-corrected chi connectivity index (χ1v) is 12.9. The van der Waals surface area contributed by atoms with Crippen molar-refractivity contribution in [2.45, 2.75) is 45.7 Å². The molecule has 0 bridgehead atoms. The Balaban J connectivity index is 0.00000320. The monoisotopic (exact) mass is 548 g/mol. The highest BCUT2D eigenvalue weighted by Gasteiger charge is 2.36. The van der Waals surface area contributed by atoms with Gasteiger partial charge in [-0.1, -0.05) is 37.3 Å². The van der Waals surface area contributed by atoms with Crippen LogP contribution in [0.4, 0.5) is 0 Å². The minimum atomic E-state index is -2.98. The number of likely N-dealkylation sites (tertiary alicyclic amines) is 2. The van der Waals surface area contributed by atoms with Crippen LogP contribution in [0.25, 0.3) is 0 Å². The van der Waals surface area contributed by atoms with Crippen LogP contribution < -0.4 is 5.32 Å². The summed E-state index contributed by atoms with van der Waals surface area (Å²) in [6, 6.07) is 11.4. The Morgan fingerprint density at radius 2 is 1.93 bits per heavy atom. The van der Waals surface area contributed by atoms with Gasteiger partial charge < -0.3 is 10.2 Å². The number of hydrogen-bond acceptors (Lipinski definition) is 4. The molecule has 6 nitrogen and oxygen atoms in total. The van der Waals surface area contributed by atoms with Gasteiger partial charge in [-0.05, 0) is 44.2 Å². The van der Waals surface area contributed by atoms with Gasteiger partial charge in [0, 0.05) is 38.0 Å². The maximum Gasteiger partial charge on any atom is 0.193 e. The summed E-state index contributed by atoms with van der Waals surface area (Å²) in [6.45, 7) is 9.07. The van der Waals surface area contributed by atoms with Crippen molar-refractivity contribution in [1.82, 2.24) is 15.1 Å². The smallest absolute Gasteiger partial charge is 0.193 e. The number of halogens is 1. The number of piperidine rings is 2. The zero-order valence-electron chi connectivity index (χ0n) is 18.3. The minimum absolute atomic E-state index is 0. The maximum atomic E-state index is 11.8. The summed E-state index contributed by atoms with van der Waals surface area (Å²) < 4.78 is 23.6. The lowest BCUT2D eigenvalue weighted by molar-refractivity contribution is 0.0372. The molecule has 30 heavy (non-hydrogen) atoms. The first-order chi connectivity index (χ1) is 14.0. The molecule has 1 aromatic carbocycles. The van der Waals surface area contributed by atoms with E-state index < -0.39 is 9.84 Å². The molecule has 2 aliphatic heterocycles. The molecule has 2 fully saturated rings. The minimum Gasteiger partial charge on any atom is -0.357 e. The SMILES string of the molecule is CCNC(=NCCS(=O)(=O)CC)N1CCC2C(CCCN2Cc2ccccc2)C1.I. The van der Waals surface area contributed by atoms with Crippen LogP contribution in [0.15, 0.2) is 35.3 Å². The third-order valence-electron chi connectivity index (χ3n) is 6.15. The predicted molar refractivity (Wildman–Crippen MR) is 135 cm³/mol. The van der Waals surface area contributed by atoms with E-state index in [2.05, 4.69) is 57.4 Å². The molecule has 0 amide bonds. The summed E-state index contributed by atoms with van der Waals surface area (Å²) in [7, 11) is -2.98. The maximum absolute atomic E-state index is 11.8. The summed E-state index contributed by atoms with van der Waals surface area (Å²) >= 11 is 0. The number of aliphatic imine (C=N–C) groups is 1. The number of sulfone groups is 1. The normalized spacial score (nSPS) is 22.9. The number of fused-ring (bicyclic) bond motifs is 1. The van der Waals surface area contributed by atoms with Gasteiger partial charge >= 0.3 is 0 Å². The lowest BCUT2D eigenvalue weighted by Gasteiger charge is -2.48. The van der Waals surface area contributed by atoms with Crippen molar-refractivity contribution in [3.8, 4) is 0 Å². The van der Waals surface area contributed by atoms with E-state index in [0.717, 1.165) is 38.6 Å². The van der Waals surface area contributed by atoms with Crippen LogP contribution in [0.3, 0.4) is 0 Å². The molecule has 0 saturated carbocycles. The Bertz CT molecular complexity index is 773. The number of guanidine groups is 1. The summed E-state index contributed by atoms with van der Waals surface area (Å²) in [4.78, 5) is 9.64. The van der Waals surface area contributed by atoms with Crippen LogP contribution in [-0.2, 0) is 16.4 Å². The van der Waals surface area contributed by atoms with Crippen LogP contribution in [-0.4, -0.2) is 74.4 Å². The van der Waals surface area contributed by atoms with Crippen molar-refractivity contribution in [3.05, 3.63) is 35.9 Å². The van der Waals surface area contributed by atoms with E-state index in [4.69, 9.17) is 0 Å².